The topological polar surface area (TPSA) is 55.6 Å². The zero-order chi connectivity index (χ0) is 9.14. The molecule has 0 bridgehead atoms. The highest BCUT2D eigenvalue weighted by Gasteiger charge is 2.29. The quantitative estimate of drug-likeness (QED) is 0.695. The molecule has 1 aliphatic heterocycles. The molecule has 0 aromatic rings. The van der Waals surface area contributed by atoms with Crippen LogP contribution in [0.5, 0.6) is 0 Å². The summed E-state index contributed by atoms with van der Waals surface area (Å²) in [5, 5.41) is 0. The van der Waals surface area contributed by atoms with Crippen LogP contribution < -0.4 is 5.73 Å². The number of ether oxygens (including phenoxy) is 1. The van der Waals surface area contributed by atoms with E-state index in [9.17, 15) is 4.79 Å². The fraction of sp³-hybridized carbons (Fsp3) is 0.875. The molecule has 1 aliphatic rings. The Hall–Kier alpha value is -0.320. The zero-order valence-corrected chi connectivity index (χ0v) is 8.84. The minimum absolute atomic E-state index is 0. The number of carbonyl (C=O) groups excluding carboxylic acids is 1. The molecule has 2 N–H and O–H groups in total. The van der Waals surface area contributed by atoms with Crippen LogP contribution in [0, 0.1) is 0 Å². The summed E-state index contributed by atoms with van der Waals surface area (Å²) in [4.78, 5) is 12.9. The Bertz CT molecular complexity index is 170. The Kier molecular flexibility index (Phi) is 5.29. The van der Waals surface area contributed by atoms with Gasteiger partial charge in [-0.2, -0.15) is 0 Å². The number of halogens is 1. The molecule has 0 aromatic heterocycles. The van der Waals surface area contributed by atoms with Gasteiger partial charge in [-0.1, -0.05) is 0 Å². The van der Waals surface area contributed by atoms with Crippen molar-refractivity contribution in [2.45, 2.75) is 25.0 Å². The van der Waals surface area contributed by atoms with Crippen molar-refractivity contribution in [2.24, 2.45) is 5.73 Å². The van der Waals surface area contributed by atoms with Crippen molar-refractivity contribution in [1.82, 2.24) is 4.90 Å². The number of hydrogen-bond donors (Lipinski definition) is 1. The first-order chi connectivity index (χ1) is 5.63. The number of hydrogen-bond acceptors (Lipinski definition) is 3. The van der Waals surface area contributed by atoms with Gasteiger partial charge in [-0.15, -0.1) is 12.4 Å². The number of nitrogens with two attached hydrogens (primary N) is 1. The van der Waals surface area contributed by atoms with Crippen molar-refractivity contribution < 1.29 is 9.53 Å². The lowest BCUT2D eigenvalue weighted by atomic mass is 10.1. The summed E-state index contributed by atoms with van der Waals surface area (Å²) in [6, 6.07) is -0.484. The Labute approximate surface area is 84.8 Å². The maximum absolute atomic E-state index is 11.4. The van der Waals surface area contributed by atoms with E-state index in [1.165, 1.54) is 4.90 Å². The number of likely N-dealkylation sites (N-methyl/N-ethyl adjacent to an activating group) is 1. The van der Waals surface area contributed by atoms with E-state index in [-0.39, 0.29) is 24.4 Å². The molecule has 5 heteroatoms. The van der Waals surface area contributed by atoms with Crippen LogP contribution in [-0.2, 0) is 9.53 Å². The van der Waals surface area contributed by atoms with Gasteiger partial charge in [-0.05, 0) is 12.8 Å². The SMILES string of the molecule is CN(C)C(=O)C(N)C1CCCO1.Cl. The monoisotopic (exact) mass is 208 g/mol. The van der Waals surface area contributed by atoms with Crippen molar-refractivity contribution in [1.29, 1.82) is 0 Å². The van der Waals surface area contributed by atoms with Gasteiger partial charge < -0.3 is 15.4 Å². The molecule has 1 saturated heterocycles. The fourth-order valence-electron chi connectivity index (χ4n) is 1.34. The average molecular weight is 209 g/mol. The van der Waals surface area contributed by atoms with Gasteiger partial charge in [0, 0.05) is 20.7 Å². The van der Waals surface area contributed by atoms with Crippen LogP contribution in [0.4, 0.5) is 0 Å². The highest BCUT2D eigenvalue weighted by Crippen LogP contribution is 2.15. The summed E-state index contributed by atoms with van der Waals surface area (Å²) >= 11 is 0. The maximum atomic E-state index is 11.4. The summed E-state index contributed by atoms with van der Waals surface area (Å²) < 4.78 is 5.31. The van der Waals surface area contributed by atoms with E-state index in [4.69, 9.17) is 10.5 Å². The summed E-state index contributed by atoms with van der Waals surface area (Å²) in [6.45, 7) is 0.735. The van der Waals surface area contributed by atoms with Crippen molar-refractivity contribution >= 4 is 18.3 Å². The molecule has 1 amide bonds. The van der Waals surface area contributed by atoms with Gasteiger partial charge in [-0.25, -0.2) is 0 Å². The van der Waals surface area contributed by atoms with Gasteiger partial charge in [-0.3, -0.25) is 4.79 Å². The van der Waals surface area contributed by atoms with Crippen LogP contribution in [-0.4, -0.2) is 43.7 Å². The zero-order valence-electron chi connectivity index (χ0n) is 8.03. The molecule has 0 spiro atoms. The van der Waals surface area contributed by atoms with Crippen LogP contribution in [0.25, 0.3) is 0 Å². The first-order valence-electron chi connectivity index (χ1n) is 4.21. The Morgan fingerprint density at radius 1 is 1.62 bits per heavy atom. The van der Waals surface area contributed by atoms with E-state index in [1.807, 2.05) is 0 Å². The first-order valence-corrected chi connectivity index (χ1v) is 4.21. The summed E-state index contributed by atoms with van der Waals surface area (Å²) in [6.07, 6.45) is 1.85. The summed E-state index contributed by atoms with van der Waals surface area (Å²) in [5.74, 6) is -0.0538. The normalized spacial score (nSPS) is 23.5. The van der Waals surface area contributed by atoms with Gasteiger partial charge >= 0.3 is 0 Å². The molecule has 0 saturated carbocycles. The molecule has 0 radical (unpaired) electrons. The third-order valence-electron chi connectivity index (χ3n) is 2.09. The summed E-state index contributed by atoms with van der Waals surface area (Å²) in [5.41, 5.74) is 5.71. The predicted octanol–water partition coefficient (Wildman–Crippen LogP) is 0.00270. The van der Waals surface area contributed by atoms with E-state index < -0.39 is 6.04 Å². The van der Waals surface area contributed by atoms with Crippen molar-refractivity contribution in [3.05, 3.63) is 0 Å². The molecule has 1 rings (SSSR count). The van der Waals surface area contributed by atoms with E-state index in [0.29, 0.717) is 0 Å². The number of rotatable bonds is 2. The lowest BCUT2D eigenvalue weighted by Crippen LogP contribution is -2.47. The van der Waals surface area contributed by atoms with E-state index in [1.54, 1.807) is 14.1 Å². The second-order valence-corrected chi connectivity index (χ2v) is 3.31. The number of nitrogens with zero attached hydrogens (tertiary/aromatic N) is 1. The smallest absolute Gasteiger partial charge is 0.241 e. The second kappa shape index (κ2) is 5.42. The van der Waals surface area contributed by atoms with Gasteiger partial charge in [0.1, 0.15) is 6.04 Å². The van der Waals surface area contributed by atoms with Crippen molar-refractivity contribution in [2.75, 3.05) is 20.7 Å². The highest BCUT2D eigenvalue weighted by molar-refractivity contribution is 5.85. The Morgan fingerprint density at radius 3 is 2.62 bits per heavy atom. The third-order valence-corrected chi connectivity index (χ3v) is 2.09. The minimum Gasteiger partial charge on any atom is -0.376 e. The maximum Gasteiger partial charge on any atom is 0.241 e. The molecule has 2 unspecified atom stereocenters. The number of carbonyl (C=O) groups is 1. The molecule has 1 heterocycles. The molecule has 13 heavy (non-hydrogen) atoms. The van der Waals surface area contributed by atoms with E-state index in [2.05, 4.69) is 0 Å². The first kappa shape index (κ1) is 12.7. The predicted molar refractivity (Wildman–Crippen MR) is 52.9 cm³/mol. The molecular formula is C8H17ClN2O2. The Balaban J connectivity index is 0.00000144. The van der Waals surface area contributed by atoms with E-state index >= 15 is 0 Å². The van der Waals surface area contributed by atoms with Gasteiger partial charge in [0.2, 0.25) is 5.91 Å². The molecule has 0 aromatic carbocycles. The van der Waals surface area contributed by atoms with Crippen LogP contribution >= 0.6 is 12.4 Å². The average Bonchev–Trinajstić information content (AvgIpc) is 2.53. The van der Waals surface area contributed by atoms with Crippen molar-refractivity contribution in [3.63, 3.8) is 0 Å². The lowest BCUT2D eigenvalue weighted by Gasteiger charge is -2.21. The minimum atomic E-state index is -0.484. The highest BCUT2D eigenvalue weighted by atomic mass is 35.5. The standard InChI is InChI=1S/C8H16N2O2.ClH/c1-10(2)8(11)7(9)6-4-3-5-12-6;/h6-7H,3-5,9H2,1-2H3;1H. The van der Waals surface area contributed by atoms with Gasteiger partial charge in [0.05, 0.1) is 6.10 Å². The Morgan fingerprint density at radius 2 is 2.23 bits per heavy atom. The van der Waals surface area contributed by atoms with Crippen LogP contribution in [0.2, 0.25) is 0 Å². The van der Waals surface area contributed by atoms with Crippen molar-refractivity contribution in [3.8, 4) is 0 Å². The molecule has 0 aliphatic carbocycles. The number of amides is 1. The molecule has 78 valence electrons. The van der Waals surface area contributed by atoms with E-state index in [0.717, 1.165) is 19.4 Å². The molecular weight excluding hydrogens is 192 g/mol. The third kappa shape index (κ3) is 3.14. The fourth-order valence-corrected chi connectivity index (χ4v) is 1.34. The molecule has 1 fully saturated rings. The second-order valence-electron chi connectivity index (χ2n) is 3.31. The molecule has 2 atom stereocenters. The van der Waals surface area contributed by atoms with Crippen LogP contribution in [0.1, 0.15) is 12.8 Å². The van der Waals surface area contributed by atoms with Gasteiger partial charge in [0.25, 0.3) is 0 Å². The lowest BCUT2D eigenvalue weighted by molar-refractivity contribution is -0.132. The van der Waals surface area contributed by atoms with Crippen LogP contribution in [0.15, 0.2) is 0 Å². The van der Waals surface area contributed by atoms with Crippen LogP contribution in [0.3, 0.4) is 0 Å². The largest absolute Gasteiger partial charge is 0.376 e. The molecule has 4 nitrogen and oxygen atoms in total. The summed E-state index contributed by atoms with van der Waals surface area (Å²) in [7, 11) is 3.41. The van der Waals surface area contributed by atoms with Gasteiger partial charge in [0.15, 0.2) is 0 Å².